The van der Waals surface area contributed by atoms with E-state index in [2.05, 4.69) is 250 Å². The number of benzene rings is 10. The molecule has 0 bridgehead atoms. The van der Waals surface area contributed by atoms with Gasteiger partial charge in [-0.15, -0.1) is 0 Å². The summed E-state index contributed by atoms with van der Waals surface area (Å²) in [5.41, 5.74) is 17.8. The van der Waals surface area contributed by atoms with Gasteiger partial charge in [0.05, 0.1) is 33.1 Å². The molecule has 0 fully saturated rings. The summed E-state index contributed by atoms with van der Waals surface area (Å²) in [4.78, 5) is 0. The smallest absolute Gasteiger partial charge is 0.0568 e. The van der Waals surface area contributed by atoms with Gasteiger partial charge in [-0.1, -0.05) is 170 Å². The number of hydrogen-bond acceptors (Lipinski definition) is 0. The molecular formula is C60H39N3. The number of para-hydroxylation sites is 5. The maximum Gasteiger partial charge on any atom is 0.0568 e. The van der Waals surface area contributed by atoms with Gasteiger partial charge >= 0.3 is 0 Å². The van der Waals surface area contributed by atoms with Crippen LogP contribution in [-0.4, -0.2) is 13.7 Å². The maximum absolute atomic E-state index is 2.44. The van der Waals surface area contributed by atoms with Gasteiger partial charge in [-0.2, -0.15) is 0 Å². The summed E-state index contributed by atoms with van der Waals surface area (Å²) < 4.78 is 7.30. The minimum Gasteiger partial charge on any atom is -0.309 e. The molecule has 0 unspecified atom stereocenters. The fraction of sp³-hybridized carbons (Fsp3) is 0. The van der Waals surface area contributed by atoms with Crippen LogP contribution in [-0.2, 0) is 0 Å². The van der Waals surface area contributed by atoms with E-state index in [1.54, 1.807) is 0 Å². The molecule has 0 saturated heterocycles. The third-order valence-electron chi connectivity index (χ3n) is 13.0. The van der Waals surface area contributed by atoms with Crippen molar-refractivity contribution in [1.29, 1.82) is 0 Å². The van der Waals surface area contributed by atoms with E-state index in [1.165, 1.54) is 98.8 Å². The highest BCUT2D eigenvalue weighted by molar-refractivity contribution is 6.28. The monoisotopic (exact) mass is 801 g/mol. The molecule has 3 heteroatoms. The predicted molar refractivity (Wildman–Crippen MR) is 266 cm³/mol. The van der Waals surface area contributed by atoms with Crippen LogP contribution in [0.3, 0.4) is 0 Å². The van der Waals surface area contributed by atoms with Crippen molar-refractivity contribution >= 4 is 65.4 Å². The Bertz CT molecular complexity index is 3720. The van der Waals surface area contributed by atoms with Gasteiger partial charge in [0, 0.05) is 54.9 Å². The Morgan fingerprint density at radius 2 is 0.571 bits per heavy atom. The highest BCUT2D eigenvalue weighted by Crippen LogP contribution is 2.47. The molecule has 0 aliphatic heterocycles. The van der Waals surface area contributed by atoms with Gasteiger partial charge in [0.1, 0.15) is 0 Å². The van der Waals surface area contributed by atoms with Gasteiger partial charge in [0.25, 0.3) is 0 Å². The highest BCUT2D eigenvalue weighted by atomic mass is 15.0. The third kappa shape index (κ3) is 5.46. The normalized spacial score (nSPS) is 11.8. The summed E-state index contributed by atoms with van der Waals surface area (Å²) in [6.45, 7) is 0. The van der Waals surface area contributed by atoms with Crippen molar-refractivity contribution in [2.45, 2.75) is 0 Å². The van der Waals surface area contributed by atoms with E-state index in [9.17, 15) is 0 Å². The Labute approximate surface area is 364 Å². The fourth-order valence-corrected chi connectivity index (χ4v) is 10.3. The zero-order valence-corrected chi connectivity index (χ0v) is 34.4. The molecule has 0 amide bonds. The highest BCUT2D eigenvalue weighted by Gasteiger charge is 2.24. The van der Waals surface area contributed by atoms with E-state index < -0.39 is 0 Å². The zero-order valence-electron chi connectivity index (χ0n) is 34.4. The summed E-state index contributed by atoms with van der Waals surface area (Å²) in [7, 11) is 0. The lowest BCUT2D eigenvalue weighted by Crippen LogP contribution is -1.96. The Hall–Kier alpha value is -8.40. The topological polar surface area (TPSA) is 14.8 Å². The molecule has 0 radical (unpaired) electrons. The van der Waals surface area contributed by atoms with Crippen LogP contribution in [0.2, 0.25) is 0 Å². The standard InChI is InChI=1S/C60H39N3/c1-4-16-40(17-5-1)41-32-35-47(36-33-41)61-52-25-13-10-22-48(52)49-37-34-44(38-55(49)61)42-28-30-43(31-29-42)58-59-50-23-11-14-26-53(50)62(45-18-6-2-7-19-45)56(59)39-57-60(58)51-24-12-15-27-54(51)63(57)46-20-8-3-9-21-46/h1-39H. The van der Waals surface area contributed by atoms with Crippen LogP contribution in [0.25, 0.3) is 116 Å². The zero-order chi connectivity index (χ0) is 41.4. The Morgan fingerprint density at radius 1 is 0.206 bits per heavy atom. The van der Waals surface area contributed by atoms with Gasteiger partial charge in [0.2, 0.25) is 0 Å². The van der Waals surface area contributed by atoms with Gasteiger partial charge in [-0.3, -0.25) is 0 Å². The number of nitrogens with zero attached hydrogens (tertiary/aromatic N) is 3. The molecule has 10 aromatic carbocycles. The van der Waals surface area contributed by atoms with E-state index in [1.807, 2.05) is 0 Å². The molecule has 0 aliphatic carbocycles. The fourth-order valence-electron chi connectivity index (χ4n) is 10.3. The molecule has 0 aliphatic rings. The molecule has 0 N–H and O–H groups in total. The molecule has 13 aromatic rings. The molecule has 63 heavy (non-hydrogen) atoms. The lowest BCUT2D eigenvalue weighted by Gasteiger charge is -2.13. The van der Waals surface area contributed by atoms with E-state index in [-0.39, 0.29) is 0 Å². The summed E-state index contributed by atoms with van der Waals surface area (Å²) in [5, 5.41) is 7.50. The van der Waals surface area contributed by atoms with E-state index in [0.29, 0.717) is 0 Å². The van der Waals surface area contributed by atoms with Crippen LogP contribution in [0.1, 0.15) is 0 Å². The van der Waals surface area contributed by atoms with Gasteiger partial charge in [-0.05, 0) is 94.5 Å². The molecule has 0 atom stereocenters. The van der Waals surface area contributed by atoms with Crippen LogP contribution in [0.4, 0.5) is 0 Å². The minimum atomic E-state index is 1.15. The maximum atomic E-state index is 2.44. The van der Waals surface area contributed by atoms with Crippen LogP contribution in [0.5, 0.6) is 0 Å². The summed E-state index contributed by atoms with van der Waals surface area (Å²) in [6.07, 6.45) is 0. The number of hydrogen-bond donors (Lipinski definition) is 0. The SMILES string of the molecule is c1ccc(-c2ccc(-n3c4ccccc4c4ccc(-c5ccc(-c6c7c8ccccc8n(-c8ccccc8)c7cc7c6c6ccccc6n7-c6ccccc6)cc5)cc43)cc2)cc1. The molecular weight excluding hydrogens is 763 g/mol. The average Bonchev–Trinajstić information content (AvgIpc) is 3.99. The van der Waals surface area contributed by atoms with Crippen LogP contribution in [0.15, 0.2) is 237 Å². The van der Waals surface area contributed by atoms with Crippen molar-refractivity contribution in [3.8, 4) is 50.4 Å². The van der Waals surface area contributed by atoms with Gasteiger partial charge < -0.3 is 13.7 Å². The number of rotatable bonds is 6. The molecule has 294 valence electrons. The first-order valence-corrected chi connectivity index (χ1v) is 21.7. The molecule has 3 aromatic heterocycles. The summed E-state index contributed by atoms with van der Waals surface area (Å²) in [6, 6.07) is 86.4. The second kappa shape index (κ2) is 14.1. The van der Waals surface area contributed by atoms with Gasteiger partial charge in [-0.25, -0.2) is 0 Å². The first kappa shape index (κ1) is 35.4. The van der Waals surface area contributed by atoms with Crippen LogP contribution < -0.4 is 0 Å². The third-order valence-corrected chi connectivity index (χ3v) is 13.0. The molecule has 0 spiro atoms. The predicted octanol–water partition coefficient (Wildman–Crippen LogP) is 16.0. The van der Waals surface area contributed by atoms with Crippen molar-refractivity contribution < 1.29 is 0 Å². The Kier molecular flexibility index (Phi) is 7.91. The van der Waals surface area contributed by atoms with Crippen molar-refractivity contribution in [2.75, 3.05) is 0 Å². The van der Waals surface area contributed by atoms with Crippen LogP contribution >= 0.6 is 0 Å². The summed E-state index contributed by atoms with van der Waals surface area (Å²) >= 11 is 0. The van der Waals surface area contributed by atoms with E-state index in [4.69, 9.17) is 0 Å². The van der Waals surface area contributed by atoms with Crippen molar-refractivity contribution in [1.82, 2.24) is 13.7 Å². The second-order valence-electron chi connectivity index (χ2n) is 16.5. The van der Waals surface area contributed by atoms with Crippen molar-refractivity contribution in [2.24, 2.45) is 0 Å². The average molecular weight is 802 g/mol. The minimum absolute atomic E-state index is 1.15. The van der Waals surface area contributed by atoms with Gasteiger partial charge in [0.15, 0.2) is 0 Å². The van der Waals surface area contributed by atoms with E-state index in [0.717, 1.165) is 17.1 Å². The van der Waals surface area contributed by atoms with Crippen molar-refractivity contribution in [3.63, 3.8) is 0 Å². The molecule has 3 nitrogen and oxygen atoms in total. The lowest BCUT2D eigenvalue weighted by atomic mass is 9.92. The first-order valence-electron chi connectivity index (χ1n) is 21.7. The largest absolute Gasteiger partial charge is 0.309 e. The molecule has 13 rings (SSSR count). The molecule has 0 saturated carbocycles. The first-order chi connectivity index (χ1) is 31.3. The molecule has 3 heterocycles. The Balaban J connectivity index is 1.03. The van der Waals surface area contributed by atoms with Crippen LogP contribution in [0, 0.1) is 0 Å². The lowest BCUT2D eigenvalue weighted by molar-refractivity contribution is 1.16. The second-order valence-corrected chi connectivity index (χ2v) is 16.5. The number of fused-ring (bicyclic) bond motifs is 9. The summed E-state index contributed by atoms with van der Waals surface area (Å²) in [5.74, 6) is 0. The quantitative estimate of drug-likeness (QED) is 0.159. The number of aromatic nitrogens is 3. The Morgan fingerprint density at radius 3 is 1.14 bits per heavy atom. The van der Waals surface area contributed by atoms with E-state index >= 15 is 0 Å². The van der Waals surface area contributed by atoms with Crippen molar-refractivity contribution in [3.05, 3.63) is 237 Å².